The number of rotatable bonds is 5. The van der Waals surface area contributed by atoms with Gasteiger partial charge in [0.25, 0.3) is 0 Å². The highest BCUT2D eigenvalue weighted by atomic mass is 35.5. The number of carbonyl (C=O) groups excluding carboxylic acids is 1. The van der Waals surface area contributed by atoms with Crippen molar-refractivity contribution in [3.8, 4) is 5.75 Å². The van der Waals surface area contributed by atoms with Crippen LogP contribution in [0.5, 0.6) is 5.75 Å². The Morgan fingerprint density at radius 2 is 2.19 bits per heavy atom. The third-order valence-electron chi connectivity index (χ3n) is 2.16. The maximum absolute atomic E-state index is 10.9. The van der Waals surface area contributed by atoms with Crippen molar-refractivity contribution >= 4 is 17.4 Å². The molecule has 0 saturated carbocycles. The number of hydrogen-bond acceptors (Lipinski definition) is 3. The first kappa shape index (κ1) is 13.0. The van der Waals surface area contributed by atoms with Crippen LogP contribution in [-0.4, -0.2) is 31.4 Å². The summed E-state index contributed by atoms with van der Waals surface area (Å²) in [5, 5.41) is 0.594. The van der Waals surface area contributed by atoms with Crippen LogP contribution in [0.3, 0.4) is 0 Å². The van der Waals surface area contributed by atoms with Crippen molar-refractivity contribution in [2.24, 2.45) is 0 Å². The minimum atomic E-state index is 0.155. The summed E-state index contributed by atoms with van der Waals surface area (Å²) >= 11 is 6.01. The Hall–Kier alpha value is -1.06. The first-order chi connectivity index (χ1) is 7.52. The average Bonchev–Trinajstić information content (AvgIpc) is 2.16. The average molecular weight is 242 g/mol. The topological polar surface area (TPSA) is 29.5 Å². The molecule has 0 N–H and O–H groups in total. The second-order valence-corrected chi connectivity index (χ2v) is 4.25. The molecule has 0 heterocycles. The first-order valence-corrected chi connectivity index (χ1v) is 5.41. The van der Waals surface area contributed by atoms with Crippen LogP contribution in [0.2, 0.25) is 5.02 Å². The molecule has 0 radical (unpaired) electrons. The summed E-state index contributed by atoms with van der Waals surface area (Å²) in [5.41, 5.74) is 1.06. The molecule has 0 aromatic heterocycles. The highest BCUT2D eigenvalue weighted by molar-refractivity contribution is 6.32. The molecule has 0 spiro atoms. The molecule has 1 aromatic rings. The lowest BCUT2D eigenvalue weighted by Gasteiger charge is -2.15. The highest BCUT2D eigenvalue weighted by Crippen LogP contribution is 2.25. The summed E-state index contributed by atoms with van der Waals surface area (Å²) in [7, 11) is 3.49. The molecule has 4 heteroatoms. The predicted octanol–water partition coefficient (Wildman–Crippen LogP) is 2.37. The molecule has 88 valence electrons. The fourth-order valence-electron chi connectivity index (χ4n) is 1.56. The van der Waals surface area contributed by atoms with E-state index < -0.39 is 0 Å². The van der Waals surface area contributed by atoms with E-state index in [1.165, 1.54) is 0 Å². The van der Waals surface area contributed by atoms with E-state index in [1.807, 2.05) is 30.1 Å². The van der Waals surface area contributed by atoms with Crippen LogP contribution < -0.4 is 4.74 Å². The smallest absolute Gasteiger partial charge is 0.143 e. The van der Waals surface area contributed by atoms with Crippen molar-refractivity contribution in [2.75, 3.05) is 20.7 Å². The van der Waals surface area contributed by atoms with Crippen molar-refractivity contribution in [1.82, 2.24) is 4.90 Å². The van der Waals surface area contributed by atoms with E-state index in [9.17, 15) is 4.79 Å². The van der Waals surface area contributed by atoms with E-state index >= 15 is 0 Å². The molecule has 0 unspecified atom stereocenters. The van der Waals surface area contributed by atoms with Crippen LogP contribution in [0.1, 0.15) is 12.5 Å². The Morgan fingerprint density at radius 1 is 1.50 bits per heavy atom. The van der Waals surface area contributed by atoms with Gasteiger partial charge in [0, 0.05) is 6.54 Å². The summed E-state index contributed by atoms with van der Waals surface area (Å²) in [6.07, 6.45) is 0. The van der Waals surface area contributed by atoms with Gasteiger partial charge in [-0.3, -0.25) is 9.69 Å². The highest BCUT2D eigenvalue weighted by Gasteiger charge is 2.05. The third kappa shape index (κ3) is 3.83. The van der Waals surface area contributed by atoms with E-state index in [2.05, 4.69) is 0 Å². The number of Topliss-reactive ketones (excluding diaryl/α,β-unsaturated/α-hetero) is 1. The quantitative estimate of drug-likeness (QED) is 0.793. The summed E-state index contributed by atoms with van der Waals surface area (Å²) in [4.78, 5) is 12.9. The van der Waals surface area contributed by atoms with Crippen molar-refractivity contribution in [1.29, 1.82) is 0 Å². The van der Waals surface area contributed by atoms with Gasteiger partial charge in [0.1, 0.15) is 11.5 Å². The number of nitrogens with zero attached hydrogens (tertiary/aromatic N) is 1. The van der Waals surface area contributed by atoms with Gasteiger partial charge in [0.2, 0.25) is 0 Å². The summed E-state index contributed by atoms with van der Waals surface area (Å²) in [5.74, 6) is 0.821. The van der Waals surface area contributed by atoms with Crippen molar-refractivity contribution in [2.45, 2.75) is 13.5 Å². The fourth-order valence-corrected chi connectivity index (χ4v) is 1.84. The zero-order valence-corrected chi connectivity index (χ0v) is 10.5. The van der Waals surface area contributed by atoms with Crippen molar-refractivity contribution in [3.63, 3.8) is 0 Å². The zero-order chi connectivity index (χ0) is 12.1. The van der Waals surface area contributed by atoms with Crippen LogP contribution in [0, 0.1) is 0 Å². The Labute approximate surface area is 101 Å². The molecular formula is C12H16ClNO2. The van der Waals surface area contributed by atoms with Crippen LogP contribution in [0.25, 0.3) is 0 Å². The van der Waals surface area contributed by atoms with Gasteiger partial charge < -0.3 is 4.74 Å². The van der Waals surface area contributed by atoms with Gasteiger partial charge in [0.15, 0.2) is 0 Å². The summed E-state index contributed by atoms with van der Waals surface area (Å²) < 4.78 is 5.07. The predicted molar refractivity (Wildman–Crippen MR) is 65.0 cm³/mol. The van der Waals surface area contributed by atoms with Gasteiger partial charge in [-0.25, -0.2) is 0 Å². The minimum absolute atomic E-state index is 0.155. The molecule has 0 aliphatic heterocycles. The monoisotopic (exact) mass is 241 g/mol. The van der Waals surface area contributed by atoms with Gasteiger partial charge in [-0.1, -0.05) is 17.7 Å². The van der Waals surface area contributed by atoms with E-state index in [-0.39, 0.29) is 5.78 Å². The Kier molecular flexibility index (Phi) is 4.77. The van der Waals surface area contributed by atoms with Gasteiger partial charge in [-0.2, -0.15) is 0 Å². The second kappa shape index (κ2) is 5.87. The number of benzene rings is 1. The molecule has 1 rings (SSSR count). The molecule has 0 aliphatic rings. The number of hydrogen-bond donors (Lipinski definition) is 0. The number of ether oxygens (including phenoxy) is 1. The summed E-state index contributed by atoms with van der Waals surface area (Å²) in [6, 6.07) is 5.64. The van der Waals surface area contributed by atoms with Crippen molar-refractivity contribution < 1.29 is 9.53 Å². The Morgan fingerprint density at radius 3 is 2.69 bits per heavy atom. The van der Waals surface area contributed by atoms with Gasteiger partial charge >= 0.3 is 0 Å². The lowest BCUT2D eigenvalue weighted by Crippen LogP contribution is -2.23. The standard InChI is InChI=1S/C12H16ClNO2/c1-9(15)7-14(2)8-10-4-5-12(16-3)11(13)6-10/h4-6H,7-8H2,1-3H3. The van der Waals surface area contributed by atoms with Crippen molar-refractivity contribution in [3.05, 3.63) is 28.8 Å². The molecule has 1 aromatic carbocycles. The lowest BCUT2D eigenvalue weighted by atomic mass is 10.2. The minimum Gasteiger partial charge on any atom is -0.495 e. The SMILES string of the molecule is COc1ccc(CN(C)CC(C)=O)cc1Cl. The van der Waals surface area contributed by atoms with E-state index in [4.69, 9.17) is 16.3 Å². The van der Waals surface area contributed by atoms with Gasteiger partial charge in [0.05, 0.1) is 18.7 Å². The molecule has 3 nitrogen and oxygen atoms in total. The number of carbonyl (C=O) groups is 1. The largest absolute Gasteiger partial charge is 0.495 e. The number of halogens is 1. The van der Waals surface area contributed by atoms with Gasteiger partial charge in [-0.15, -0.1) is 0 Å². The fraction of sp³-hybridized carbons (Fsp3) is 0.417. The molecule has 0 fully saturated rings. The molecular weight excluding hydrogens is 226 g/mol. The number of likely N-dealkylation sites (N-methyl/N-ethyl adjacent to an activating group) is 1. The lowest BCUT2D eigenvalue weighted by molar-refractivity contribution is -0.117. The summed E-state index contributed by atoms with van der Waals surface area (Å²) in [6.45, 7) is 2.73. The van der Waals surface area contributed by atoms with Crippen LogP contribution in [-0.2, 0) is 11.3 Å². The van der Waals surface area contributed by atoms with Crippen LogP contribution in [0.15, 0.2) is 18.2 Å². The molecule has 0 saturated heterocycles. The van der Waals surface area contributed by atoms with E-state index in [0.717, 1.165) is 5.56 Å². The van der Waals surface area contributed by atoms with Crippen LogP contribution in [0.4, 0.5) is 0 Å². The number of methoxy groups -OCH3 is 1. The molecule has 0 aliphatic carbocycles. The second-order valence-electron chi connectivity index (χ2n) is 3.84. The number of ketones is 1. The van der Waals surface area contributed by atoms with Crippen LogP contribution >= 0.6 is 11.6 Å². The van der Waals surface area contributed by atoms with E-state index in [1.54, 1.807) is 14.0 Å². The maximum atomic E-state index is 10.9. The first-order valence-electron chi connectivity index (χ1n) is 5.03. The van der Waals surface area contributed by atoms with E-state index in [0.29, 0.717) is 23.9 Å². The van der Waals surface area contributed by atoms with Gasteiger partial charge in [-0.05, 0) is 31.7 Å². The Balaban J connectivity index is 2.67. The molecule has 0 bridgehead atoms. The normalized spacial score (nSPS) is 10.6. The molecule has 0 atom stereocenters. The molecule has 16 heavy (non-hydrogen) atoms. The third-order valence-corrected chi connectivity index (χ3v) is 2.46. The Bertz CT molecular complexity index is 379. The zero-order valence-electron chi connectivity index (χ0n) is 9.79. The maximum Gasteiger partial charge on any atom is 0.143 e. The molecule has 0 amide bonds.